The highest BCUT2D eigenvalue weighted by Crippen LogP contribution is 2.22. The number of halogens is 1. The van der Waals surface area contributed by atoms with Gasteiger partial charge in [0.25, 0.3) is 0 Å². The predicted molar refractivity (Wildman–Crippen MR) is 112 cm³/mol. The van der Waals surface area contributed by atoms with Gasteiger partial charge in [0.1, 0.15) is 5.82 Å². The van der Waals surface area contributed by atoms with Crippen LogP contribution in [0.4, 0.5) is 4.39 Å². The Kier molecular flexibility index (Phi) is 7.18. The van der Waals surface area contributed by atoms with Crippen LogP contribution in [0.3, 0.4) is 0 Å². The molecule has 0 saturated carbocycles. The van der Waals surface area contributed by atoms with E-state index in [9.17, 15) is 12.8 Å². The van der Waals surface area contributed by atoms with E-state index in [0.717, 1.165) is 11.1 Å². The van der Waals surface area contributed by atoms with Gasteiger partial charge in [-0.1, -0.05) is 38.1 Å². The molecule has 0 atom stereocenters. The van der Waals surface area contributed by atoms with Gasteiger partial charge < -0.3 is 10.6 Å². The first kappa shape index (κ1) is 21.9. The zero-order valence-electron chi connectivity index (χ0n) is 16.8. The van der Waals surface area contributed by atoms with E-state index < -0.39 is 9.84 Å². The number of sulfone groups is 1. The van der Waals surface area contributed by atoms with E-state index in [4.69, 9.17) is 0 Å². The molecule has 2 N–H and O–H groups in total. The molecule has 0 aliphatic rings. The van der Waals surface area contributed by atoms with Crippen LogP contribution in [0.25, 0.3) is 0 Å². The molecule has 2 aromatic carbocycles. The molecule has 5 nitrogen and oxygen atoms in total. The summed E-state index contributed by atoms with van der Waals surface area (Å²) in [7, 11) is -3.20. The van der Waals surface area contributed by atoms with Gasteiger partial charge in [-0.15, -0.1) is 0 Å². The predicted octanol–water partition coefficient (Wildman–Crippen LogP) is 3.26. The maximum atomic E-state index is 13.5. The molecule has 0 amide bonds. The zero-order valence-corrected chi connectivity index (χ0v) is 17.6. The minimum Gasteiger partial charge on any atom is -0.357 e. The fourth-order valence-corrected chi connectivity index (χ4v) is 3.30. The Balaban J connectivity index is 2.06. The number of nitrogens with one attached hydrogen (secondary N) is 2. The third kappa shape index (κ3) is 6.34. The summed E-state index contributed by atoms with van der Waals surface area (Å²) in [5.74, 6) is 0.405. The van der Waals surface area contributed by atoms with Crippen molar-refractivity contribution in [1.82, 2.24) is 10.6 Å². The summed E-state index contributed by atoms with van der Waals surface area (Å²) in [5.41, 5.74) is 1.54. The summed E-state index contributed by atoms with van der Waals surface area (Å²) in [4.78, 5) is 4.85. The Labute approximate surface area is 167 Å². The molecule has 2 aromatic rings. The Morgan fingerprint density at radius 1 is 1.11 bits per heavy atom. The summed E-state index contributed by atoms with van der Waals surface area (Å²) in [6.45, 7) is 7.77. The molecule has 2 rings (SSSR count). The lowest BCUT2D eigenvalue weighted by atomic mass is 9.84. The van der Waals surface area contributed by atoms with Gasteiger partial charge in [-0.25, -0.2) is 17.8 Å². The van der Waals surface area contributed by atoms with Gasteiger partial charge in [-0.05, 0) is 42.3 Å². The van der Waals surface area contributed by atoms with Crippen LogP contribution >= 0.6 is 0 Å². The Morgan fingerprint density at radius 3 is 2.36 bits per heavy atom. The molecule has 0 aliphatic carbocycles. The van der Waals surface area contributed by atoms with Crippen molar-refractivity contribution in [1.29, 1.82) is 0 Å². The van der Waals surface area contributed by atoms with Gasteiger partial charge in [0.15, 0.2) is 15.8 Å². The van der Waals surface area contributed by atoms with Crippen LogP contribution in [-0.4, -0.2) is 33.7 Å². The molecule has 7 heteroatoms. The summed E-state index contributed by atoms with van der Waals surface area (Å²) < 4.78 is 36.6. The third-order valence-corrected chi connectivity index (χ3v) is 5.55. The lowest BCUT2D eigenvalue weighted by molar-refractivity contribution is 0.503. The van der Waals surface area contributed by atoms with Crippen LogP contribution in [0.5, 0.6) is 0 Å². The number of rotatable bonds is 7. The first-order chi connectivity index (χ1) is 13.1. The number of nitrogens with zero attached hydrogens (tertiary/aromatic N) is 1. The number of benzene rings is 2. The smallest absolute Gasteiger partial charge is 0.191 e. The normalized spacial score (nSPS) is 12.7. The highest BCUT2D eigenvalue weighted by atomic mass is 32.2. The molecule has 0 saturated heterocycles. The molecule has 0 radical (unpaired) electrons. The first-order valence-corrected chi connectivity index (χ1v) is 11.1. The van der Waals surface area contributed by atoms with E-state index in [1.165, 1.54) is 12.3 Å². The summed E-state index contributed by atoms with van der Waals surface area (Å²) >= 11 is 0. The Morgan fingerprint density at radius 2 is 1.79 bits per heavy atom. The summed E-state index contributed by atoms with van der Waals surface area (Å²) in [6.07, 6.45) is 1.19. The van der Waals surface area contributed by atoms with E-state index >= 15 is 0 Å². The fourth-order valence-electron chi connectivity index (χ4n) is 2.67. The van der Waals surface area contributed by atoms with Gasteiger partial charge in [0.2, 0.25) is 0 Å². The van der Waals surface area contributed by atoms with Crippen LogP contribution < -0.4 is 10.6 Å². The Bertz CT molecular complexity index is 923. The van der Waals surface area contributed by atoms with Gasteiger partial charge in [-0.3, -0.25) is 0 Å². The van der Waals surface area contributed by atoms with Crippen molar-refractivity contribution in [3.8, 4) is 0 Å². The van der Waals surface area contributed by atoms with Crippen molar-refractivity contribution in [3.63, 3.8) is 0 Å². The standard InChI is InChI=1S/C21H28FN3O2S/c1-5-23-20(24-14-16-9-11-19(12-10-16)28(4,26)27)25-15-21(2,3)17-7-6-8-18(22)13-17/h6-13H,5,14-15H2,1-4H3,(H2,23,24,25). The second kappa shape index (κ2) is 9.19. The van der Waals surface area contributed by atoms with Crippen molar-refractivity contribution in [2.24, 2.45) is 4.99 Å². The van der Waals surface area contributed by atoms with Crippen LogP contribution in [0.1, 0.15) is 31.9 Å². The molecule has 152 valence electrons. The van der Waals surface area contributed by atoms with E-state index in [1.807, 2.05) is 26.8 Å². The third-order valence-electron chi connectivity index (χ3n) is 4.42. The van der Waals surface area contributed by atoms with Crippen molar-refractivity contribution in [2.75, 3.05) is 19.3 Å². The number of aliphatic imine (C=N–C) groups is 1. The summed E-state index contributed by atoms with van der Waals surface area (Å²) in [6, 6.07) is 13.3. The molecule has 0 aromatic heterocycles. The number of hydrogen-bond acceptors (Lipinski definition) is 3. The molecule has 0 aliphatic heterocycles. The van der Waals surface area contributed by atoms with E-state index in [2.05, 4.69) is 15.6 Å². The van der Waals surface area contributed by atoms with Crippen molar-refractivity contribution >= 4 is 15.8 Å². The largest absolute Gasteiger partial charge is 0.357 e. The molecule has 0 unspecified atom stereocenters. The number of guanidine groups is 1. The lowest BCUT2D eigenvalue weighted by Gasteiger charge is -2.27. The molecule has 28 heavy (non-hydrogen) atoms. The second-order valence-electron chi connectivity index (χ2n) is 7.36. The maximum absolute atomic E-state index is 13.5. The molecule has 0 fully saturated rings. The van der Waals surface area contributed by atoms with E-state index in [1.54, 1.807) is 36.4 Å². The minimum atomic E-state index is -3.20. The second-order valence-corrected chi connectivity index (χ2v) is 9.37. The average Bonchev–Trinajstić information content (AvgIpc) is 2.63. The quantitative estimate of drug-likeness (QED) is 0.548. The van der Waals surface area contributed by atoms with E-state index in [0.29, 0.717) is 30.5 Å². The Hall–Kier alpha value is -2.41. The van der Waals surface area contributed by atoms with Crippen LogP contribution in [-0.2, 0) is 21.8 Å². The highest BCUT2D eigenvalue weighted by Gasteiger charge is 2.21. The van der Waals surface area contributed by atoms with Gasteiger partial charge in [-0.2, -0.15) is 0 Å². The number of hydrogen-bond donors (Lipinski definition) is 2. The minimum absolute atomic E-state index is 0.247. The fraction of sp³-hybridized carbons (Fsp3) is 0.381. The van der Waals surface area contributed by atoms with Crippen LogP contribution in [0.2, 0.25) is 0 Å². The topological polar surface area (TPSA) is 70.6 Å². The highest BCUT2D eigenvalue weighted by molar-refractivity contribution is 7.90. The monoisotopic (exact) mass is 405 g/mol. The molecular formula is C21H28FN3O2S. The SMILES string of the molecule is CCNC(=NCc1ccc(S(C)(=O)=O)cc1)NCC(C)(C)c1cccc(F)c1. The molecule has 0 heterocycles. The maximum Gasteiger partial charge on any atom is 0.191 e. The van der Waals surface area contributed by atoms with Crippen LogP contribution in [0.15, 0.2) is 58.4 Å². The van der Waals surface area contributed by atoms with Crippen molar-refractivity contribution in [2.45, 2.75) is 37.6 Å². The zero-order chi connectivity index (χ0) is 20.8. The van der Waals surface area contributed by atoms with Crippen molar-refractivity contribution in [3.05, 3.63) is 65.5 Å². The molecular weight excluding hydrogens is 377 g/mol. The first-order valence-electron chi connectivity index (χ1n) is 9.19. The lowest BCUT2D eigenvalue weighted by Crippen LogP contribution is -2.43. The molecule has 0 spiro atoms. The average molecular weight is 406 g/mol. The summed E-state index contributed by atoms with van der Waals surface area (Å²) in [5, 5.41) is 6.50. The van der Waals surface area contributed by atoms with Gasteiger partial charge >= 0.3 is 0 Å². The van der Waals surface area contributed by atoms with Crippen LogP contribution in [0, 0.1) is 5.82 Å². The molecule has 0 bridgehead atoms. The van der Waals surface area contributed by atoms with Gasteiger partial charge in [0.05, 0.1) is 11.4 Å². The van der Waals surface area contributed by atoms with E-state index in [-0.39, 0.29) is 11.2 Å². The van der Waals surface area contributed by atoms with Crippen molar-refractivity contribution < 1.29 is 12.8 Å². The van der Waals surface area contributed by atoms with Gasteiger partial charge in [0, 0.05) is 24.8 Å².